The third-order valence-corrected chi connectivity index (χ3v) is 3.88. The molecule has 1 saturated heterocycles. The maximum Gasteiger partial charge on any atom is 0.250 e. The normalized spacial score (nSPS) is 22.4. The molecule has 0 bridgehead atoms. The Labute approximate surface area is 129 Å². The minimum absolute atomic E-state index is 0.230. The predicted octanol–water partition coefficient (Wildman–Crippen LogP) is 2.75. The molecule has 1 aliphatic heterocycles. The zero-order valence-corrected chi connectivity index (χ0v) is 13.2. The van der Waals surface area contributed by atoms with Crippen molar-refractivity contribution in [3.63, 3.8) is 0 Å². The SMILES string of the molecule is CCCC1NC(=O)C(C)N(c2c(F)cc(Br)cc2F)C1=O. The van der Waals surface area contributed by atoms with Crippen LogP contribution in [0.4, 0.5) is 14.5 Å². The Balaban J connectivity index is 2.49. The molecular formula is C14H15BrF2N2O2. The number of carbonyl (C=O) groups is 2. The molecule has 7 heteroatoms. The highest BCUT2D eigenvalue weighted by Gasteiger charge is 2.40. The van der Waals surface area contributed by atoms with Gasteiger partial charge in [0.2, 0.25) is 11.8 Å². The minimum atomic E-state index is -0.962. The summed E-state index contributed by atoms with van der Waals surface area (Å²) < 4.78 is 28.4. The smallest absolute Gasteiger partial charge is 0.250 e. The molecule has 2 unspecified atom stereocenters. The van der Waals surface area contributed by atoms with Crippen LogP contribution in [0.1, 0.15) is 26.7 Å². The number of piperazine rings is 1. The van der Waals surface area contributed by atoms with E-state index in [1.807, 2.05) is 6.92 Å². The zero-order valence-electron chi connectivity index (χ0n) is 11.6. The molecule has 2 rings (SSSR count). The summed E-state index contributed by atoms with van der Waals surface area (Å²) in [5.74, 6) is -2.68. The molecule has 1 heterocycles. The summed E-state index contributed by atoms with van der Waals surface area (Å²) in [4.78, 5) is 25.3. The lowest BCUT2D eigenvalue weighted by atomic mass is 10.0. The first-order valence-corrected chi connectivity index (χ1v) is 7.44. The Kier molecular flexibility index (Phi) is 4.61. The molecule has 114 valence electrons. The van der Waals surface area contributed by atoms with Crippen molar-refractivity contribution in [2.45, 2.75) is 38.8 Å². The van der Waals surface area contributed by atoms with E-state index in [1.54, 1.807) is 0 Å². The van der Waals surface area contributed by atoms with E-state index in [2.05, 4.69) is 21.2 Å². The molecule has 4 nitrogen and oxygen atoms in total. The lowest BCUT2D eigenvalue weighted by molar-refractivity contribution is -0.133. The van der Waals surface area contributed by atoms with Gasteiger partial charge >= 0.3 is 0 Å². The molecule has 1 N–H and O–H groups in total. The lowest BCUT2D eigenvalue weighted by Gasteiger charge is -2.37. The van der Waals surface area contributed by atoms with Crippen molar-refractivity contribution in [2.24, 2.45) is 0 Å². The van der Waals surface area contributed by atoms with Gasteiger partial charge in [-0.2, -0.15) is 0 Å². The van der Waals surface area contributed by atoms with Crippen LogP contribution in [0, 0.1) is 11.6 Å². The van der Waals surface area contributed by atoms with E-state index in [9.17, 15) is 18.4 Å². The molecule has 1 aromatic carbocycles. The summed E-state index contributed by atoms with van der Waals surface area (Å²) in [6.45, 7) is 3.30. The largest absolute Gasteiger partial charge is 0.342 e. The van der Waals surface area contributed by atoms with Gasteiger partial charge in [0.1, 0.15) is 17.8 Å². The number of carbonyl (C=O) groups excluding carboxylic acids is 2. The molecule has 2 atom stereocenters. The quantitative estimate of drug-likeness (QED) is 0.900. The second kappa shape index (κ2) is 6.09. The van der Waals surface area contributed by atoms with Gasteiger partial charge in [-0.1, -0.05) is 29.3 Å². The monoisotopic (exact) mass is 360 g/mol. The number of rotatable bonds is 3. The number of hydrogen-bond acceptors (Lipinski definition) is 2. The summed E-state index contributed by atoms with van der Waals surface area (Å²) in [5, 5.41) is 2.58. The first-order chi connectivity index (χ1) is 9.86. The molecule has 0 spiro atoms. The van der Waals surface area contributed by atoms with Crippen molar-refractivity contribution in [3.05, 3.63) is 28.2 Å². The highest BCUT2D eigenvalue weighted by molar-refractivity contribution is 9.10. The van der Waals surface area contributed by atoms with Crippen LogP contribution in [0.3, 0.4) is 0 Å². The van der Waals surface area contributed by atoms with Gasteiger partial charge in [-0.3, -0.25) is 14.5 Å². The number of hydrogen-bond donors (Lipinski definition) is 1. The molecule has 1 fully saturated rings. The van der Waals surface area contributed by atoms with E-state index >= 15 is 0 Å². The minimum Gasteiger partial charge on any atom is -0.342 e. The Morgan fingerprint density at radius 1 is 1.29 bits per heavy atom. The summed E-state index contributed by atoms with van der Waals surface area (Å²) in [6.07, 6.45) is 1.10. The van der Waals surface area contributed by atoms with Crippen LogP contribution in [-0.2, 0) is 9.59 Å². The highest BCUT2D eigenvalue weighted by Crippen LogP contribution is 2.31. The van der Waals surface area contributed by atoms with Crippen molar-refractivity contribution < 1.29 is 18.4 Å². The van der Waals surface area contributed by atoms with Gasteiger partial charge in [0.25, 0.3) is 0 Å². The van der Waals surface area contributed by atoms with Crippen molar-refractivity contribution in [1.82, 2.24) is 5.32 Å². The number of nitrogens with zero attached hydrogens (tertiary/aromatic N) is 1. The van der Waals surface area contributed by atoms with Crippen molar-refractivity contribution in [2.75, 3.05) is 4.90 Å². The fourth-order valence-corrected chi connectivity index (χ4v) is 2.78. The Morgan fingerprint density at radius 3 is 2.38 bits per heavy atom. The predicted molar refractivity (Wildman–Crippen MR) is 77.8 cm³/mol. The maximum absolute atomic E-state index is 14.1. The molecule has 2 amide bonds. The van der Waals surface area contributed by atoms with Gasteiger partial charge < -0.3 is 5.32 Å². The zero-order chi connectivity index (χ0) is 15.7. The fraction of sp³-hybridized carbons (Fsp3) is 0.429. The van der Waals surface area contributed by atoms with Crippen molar-refractivity contribution in [1.29, 1.82) is 0 Å². The molecule has 1 aromatic rings. The Morgan fingerprint density at radius 2 is 1.86 bits per heavy atom. The summed E-state index contributed by atoms with van der Waals surface area (Å²) in [5.41, 5.74) is -0.480. The number of benzene rings is 1. The van der Waals surface area contributed by atoms with Crippen LogP contribution >= 0.6 is 15.9 Å². The number of nitrogens with one attached hydrogen (secondary N) is 1. The van der Waals surface area contributed by atoms with E-state index < -0.39 is 41.2 Å². The van der Waals surface area contributed by atoms with E-state index in [4.69, 9.17) is 0 Å². The van der Waals surface area contributed by atoms with Crippen LogP contribution < -0.4 is 10.2 Å². The van der Waals surface area contributed by atoms with Gasteiger partial charge in [0, 0.05) is 4.47 Å². The highest BCUT2D eigenvalue weighted by atomic mass is 79.9. The third-order valence-electron chi connectivity index (χ3n) is 3.42. The lowest BCUT2D eigenvalue weighted by Crippen LogP contribution is -2.63. The van der Waals surface area contributed by atoms with E-state index in [-0.39, 0.29) is 4.47 Å². The van der Waals surface area contributed by atoms with Crippen LogP contribution in [0.5, 0.6) is 0 Å². The second-order valence-electron chi connectivity index (χ2n) is 4.95. The van der Waals surface area contributed by atoms with E-state index in [1.165, 1.54) is 6.92 Å². The van der Waals surface area contributed by atoms with Crippen LogP contribution in [0.15, 0.2) is 16.6 Å². The Hall–Kier alpha value is -1.50. The fourth-order valence-electron chi connectivity index (χ4n) is 2.38. The topological polar surface area (TPSA) is 49.4 Å². The van der Waals surface area contributed by atoms with Gasteiger partial charge in [-0.15, -0.1) is 0 Å². The van der Waals surface area contributed by atoms with Gasteiger partial charge in [0.05, 0.1) is 0 Å². The Bertz CT molecular complexity index is 571. The molecular weight excluding hydrogens is 346 g/mol. The van der Waals surface area contributed by atoms with Crippen molar-refractivity contribution >= 4 is 33.4 Å². The third kappa shape index (κ3) is 2.92. The first-order valence-electron chi connectivity index (χ1n) is 6.64. The number of halogens is 3. The number of amides is 2. The standard InChI is InChI=1S/C14H15BrF2N2O2/c1-3-4-11-14(21)19(7(2)13(20)18-11)12-9(16)5-8(15)6-10(12)17/h5-7,11H,3-4H2,1-2H3,(H,18,20). The van der Waals surface area contributed by atoms with Gasteiger partial charge in [0.15, 0.2) is 11.6 Å². The number of anilines is 1. The van der Waals surface area contributed by atoms with E-state index in [0.717, 1.165) is 17.0 Å². The molecule has 0 aliphatic carbocycles. The van der Waals surface area contributed by atoms with E-state index in [0.29, 0.717) is 12.8 Å². The first kappa shape index (κ1) is 15.9. The van der Waals surface area contributed by atoms with Gasteiger partial charge in [-0.25, -0.2) is 8.78 Å². The molecule has 0 aromatic heterocycles. The summed E-state index contributed by atoms with van der Waals surface area (Å²) >= 11 is 2.99. The maximum atomic E-state index is 14.1. The molecule has 0 radical (unpaired) electrons. The van der Waals surface area contributed by atoms with Gasteiger partial charge in [-0.05, 0) is 25.5 Å². The average Bonchev–Trinajstić information content (AvgIpc) is 2.39. The molecule has 21 heavy (non-hydrogen) atoms. The van der Waals surface area contributed by atoms with Crippen LogP contribution in [0.25, 0.3) is 0 Å². The molecule has 1 aliphatic rings. The second-order valence-corrected chi connectivity index (χ2v) is 5.87. The molecule has 0 saturated carbocycles. The van der Waals surface area contributed by atoms with Crippen LogP contribution in [-0.4, -0.2) is 23.9 Å². The summed E-state index contributed by atoms with van der Waals surface area (Å²) in [6, 6.07) is 0.427. The van der Waals surface area contributed by atoms with Crippen molar-refractivity contribution in [3.8, 4) is 0 Å². The average molecular weight is 361 g/mol. The van der Waals surface area contributed by atoms with Crippen LogP contribution in [0.2, 0.25) is 0 Å². The summed E-state index contributed by atoms with van der Waals surface area (Å²) in [7, 11) is 0.